The molecule has 3 heteroatoms. The summed E-state index contributed by atoms with van der Waals surface area (Å²) in [5.41, 5.74) is 4.86. The predicted molar refractivity (Wildman–Crippen MR) is 91.8 cm³/mol. The van der Waals surface area contributed by atoms with Gasteiger partial charge in [0.05, 0.1) is 16.2 Å². The molecular weight excluding hydrogens is 280 g/mol. The first-order valence-electron chi connectivity index (χ1n) is 6.72. The highest BCUT2D eigenvalue weighted by Crippen LogP contribution is 2.29. The molecule has 0 fully saturated rings. The molecule has 0 aliphatic rings. The van der Waals surface area contributed by atoms with Crippen LogP contribution in [0.1, 0.15) is 5.56 Å². The van der Waals surface area contributed by atoms with Crippen molar-refractivity contribution in [2.75, 3.05) is 12.4 Å². The van der Waals surface area contributed by atoms with Crippen LogP contribution in [0.4, 0.5) is 5.69 Å². The van der Waals surface area contributed by atoms with E-state index in [1.54, 1.807) is 0 Å². The van der Waals surface area contributed by atoms with Gasteiger partial charge in [0, 0.05) is 23.7 Å². The van der Waals surface area contributed by atoms with Crippen LogP contribution >= 0.6 is 11.6 Å². The first kappa shape index (κ1) is 13.7. The minimum absolute atomic E-state index is 0.709. The van der Waals surface area contributed by atoms with Crippen LogP contribution in [0.25, 0.3) is 28.2 Å². The van der Waals surface area contributed by atoms with Crippen molar-refractivity contribution in [2.24, 2.45) is 0 Å². The first-order chi connectivity index (χ1) is 10.2. The molecule has 2 nitrogen and oxygen atoms in total. The molecule has 0 spiro atoms. The van der Waals surface area contributed by atoms with Crippen molar-refractivity contribution in [3.05, 3.63) is 65.7 Å². The minimum Gasteiger partial charge on any atom is -0.388 e. The van der Waals surface area contributed by atoms with E-state index in [2.05, 4.69) is 18.0 Å². The van der Waals surface area contributed by atoms with Crippen molar-refractivity contribution in [1.29, 1.82) is 0 Å². The maximum Gasteiger partial charge on any atom is 0.0730 e. The fourth-order valence-electron chi connectivity index (χ4n) is 2.31. The predicted octanol–water partition coefficient (Wildman–Crippen LogP) is 5.24. The number of fused-ring (bicyclic) bond motifs is 1. The van der Waals surface area contributed by atoms with Gasteiger partial charge in [-0.15, -0.1) is 0 Å². The number of benzene rings is 2. The van der Waals surface area contributed by atoms with E-state index in [4.69, 9.17) is 16.6 Å². The highest BCUT2D eigenvalue weighted by molar-refractivity contribution is 6.35. The van der Waals surface area contributed by atoms with Gasteiger partial charge in [-0.2, -0.15) is 0 Å². The molecule has 3 aromatic rings. The average Bonchev–Trinajstić information content (AvgIpc) is 2.54. The molecule has 104 valence electrons. The second-order valence-electron chi connectivity index (χ2n) is 4.80. The minimum atomic E-state index is 0.709. The van der Waals surface area contributed by atoms with E-state index in [9.17, 15) is 0 Å². The summed E-state index contributed by atoms with van der Waals surface area (Å²) >= 11 is 6.40. The van der Waals surface area contributed by atoms with Gasteiger partial charge in [-0.05, 0) is 29.8 Å². The van der Waals surface area contributed by atoms with Crippen LogP contribution in [0.15, 0.2) is 55.1 Å². The number of rotatable bonds is 3. The second-order valence-corrected chi connectivity index (χ2v) is 5.21. The third-order valence-corrected chi connectivity index (χ3v) is 3.78. The summed E-state index contributed by atoms with van der Waals surface area (Å²) in [5.74, 6) is 0. The number of pyridine rings is 1. The van der Waals surface area contributed by atoms with Crippen LogP contribution in [0.5, 0.6) is 0 Å². The Bertz CT molecular complexity index is 825. The zero-order valence-corrected chi connectivity index (χ0v) is 12.5. The van der Waals surface area contributed by atoms with Gasteiger partial charge in [0.15, 0.2) is 0 Å². The fraction of sp³-hybridized carbons (Fsp3) is 0.0556. The van der Waals surface area contributed by atoms with E-state index in [-0.39, 0.29) is 0 Å². The van der Waals surface area contributed by atoms with E-state index < -0.39 is 0 Å². The van der Waals surface area contributed by atoms with Crippen molar-refractivity contribution < 1.29 is 0 Å². The van der Waals surface area contributed by atoms with Gasteiger partial charge in [-0.25, -0.2) is 4.98 Å². The molecule has 1 aromatic heterocycles. The normalized spacial score (nSPS) is 10.6. The molecule has 0 saturated carbocycles. The molecule has 0 radical (unpaired) electrons. The zero-order chi connectivity index (χ0) is 14.8. The Morgan fingerprint density at radius 3 is 2.76 bits per heavy atom. The zero-order valence-electron chi connectivity index (χ0n) is 11.7. The first-order valence-corrected chi connectivity index (χ1v) is 7.10. The second kappa shape index (κ2) is 5.58. The highest BCUT2D eigenvalue weighted by atomic mass is 35.5. The molecule has 0 aliphatic carbocycles. The van der Waals surface area contributed by atoms with Crippen LogP contribution < -0.4 is 5.32 Å². The molecule has 0 bridgehead atoms. The molecule has 0 atom stereocenters. The molecule has 0 unspecified atom stereocenters. The van der Waals surface area contributed by atoms with E-state index >= 15 is 0 Å². The van der Waals surface area contributed by atoms with Crippen LogP contribution in [-0.2, 0) is 0 Å². The van der Waals surface area contributed by atoms with Crippen LogP contribution in [0.3, 0.4) is 0 Å². The molecule has 1 N–H and O–H groups in total. The number of halogens is 1. The number of anilines is 1. The molecule has 0 amide bonds. The topological polar surface area (TPSA) is 24.9 Å². The Balaban J connectivity index is 2.20. The van der Waals surface area contributed by atoms with Crippen LogP contribution in [-0.4, -0.2) is 12.0 Å². The molecule has 1 heterocycles. The monoisotopic (exact) mass is 294 g/mol. The standard InChI is InChI=1S/C18H15ClN2/c1-3-12-7-8-15-16(19)11-17(21-18(15)9-12)13-5-4-6-14(10-13)20-2/h3-11,20H,1H2,2H3. The van der Waals surface area contributed by atoms with E-state index in [1.807, 2.05) is 55.6 Å². The molecule has 21 heavy (non-hydrogen) atoms. The average molecular weight is 295 g/mol. The lowest BCUT2D eigenvalue weighted by molar-refractivity contribution is 1.39. The summed E-state index contributed by atoms with van der Waals surface area (Å²) in [6, 6.07) is 16.0. The molecular formula is C18H15ClN2. The molecule has 2 aromatic carbocycles. The Hall–Kier alpha value is -2.32. The van der Waals surface area contributed by atoms with E-state index in [0.717, 1.165) is 33.4 Å². The fourth-order valence-corrected chi connectivity index (χ4v) is 2.57. The van der Waals surface area contributed by atoms with Crippen molar-refractivity contribution in [3.8, 4) is 11.3 Å². The summed E-state index contributed by atoms with van der Waals surface area (Å²) in [6.07, 6.45) is 1.81. The smallest absolute Gasteiger partial charge is 0.0730 e. The van der Waals surface area contributed by atoms with Gasteiger partial charge in [0.2, 0.25) is 0 Å². The summed E-state index contributed by atoms with van der Waals surface area (Å²) in [7, 11) is 1.90. The van der Waals surface area contributed by atoms with Crippen LogP contribution in [0.2, 0.25) is 5.02 Å². The Morgan fingerprint density at radius 2 is 2.00 bits per heavy atom. The number of aromatic nitrogens is 1. The van der Waals surface area contributed by atoms with Gasteiger partial charge in [-0.1, -0.05) is 48.5 Å². The van der Waals surface area contributed by atoms with Crippen molar-refractivity contribution in [2.45, 2.75) is 0 Å². The summed E-state index contributed by atoms with van der Waals surface area (Å²) in [6.45, 7) is 3.79. The van der Waals surface area contributed by atoms with E-state index in [0.29, 0.717) is 5.02 Å². The van der Waals surface area contributed by atoms with Gasteiger partial charge < -0.3 is 5.32 Å². The summed E-state index contributed by atoms with van der Waals surface area (Å²) < 4.78 is 0. The van der Waals surface area contributed by atoms with E-state index in [1.165, 1.54) is 0 Å². The largest absolute Gasteiger partial charge is 0.388 e. The maximum atomic E-state index is 6.40. The lowest BCUT2D eigenvalue weighted by atomic mass is 10.1. The van der Waals surface area contributed by atoms with Gasteiger partial charge in [0.25, 0.3) is 0 Å². The SMILES string of the molecule is C=Cc1ccc2c(Cl)cc(-c3cccc(NC)c3)nc2c1. The van der Waals surface area contributed by atoms with Crippen molar-refractivity contribution in [3.63, 3.8) is 0 Å². The summed E-state index contributed by atoms with van der Waals surface area (Å²) in [5, 5.41) is 4.80. The third kappa shape index (κ3) is 2.63. The van der Waals surface area contributed by atoms with Gasteiger partial charge >= 0.3 is 0 Å². The van der Waals surface area contributed by atoms with Crippen molar-refractivity contribution in [1.82, 2.24) is 4.98 Å². The highest BCUT2D eigenvalue weighted by Gasteiger charge is 2.07. The number of nitrogens with zero attached hydrogens (tertiary/aromatic N) is 1. The Kier molecular flexibility index (Phi) is 3.63. The Morgan fingerprint density at radius 1 is 1.14 bits per heavy atom. The van der Waals surface area contributed by atoms with Gasteiger partial charge in [0.1, 0.15) is 0 Å². The lowest BCUT2D eigenvalue weighted by Crippen LogP contribution is -1.90. The van der Waals surface area contributed by atoms with Crippen molar-refractivity contribution >= 4 is 34.3 Å². The number of hydrogen-bond donors (Lipinski definition) is 1. The molecule has 0 saturated heterocycles. The molecule has 3 rings (SSSR count). The lowest BCUT2D eigenvalue weighted by Gasteiger charge is -2.08. The summed E-state index contributed by atoms with van der Waals surface area (Å²) in [4.78, 5) is 4.73. The number of hydrogen-bond acceptors (Lipinski definition) is 2. The van der Waals surface area contributed by atoms with Crippen LogP contribution in [0, 0.1) is 0 Å². The molecule has 0 aliphatic heterocycles. The quantitative estimate of drug-likeness (QED) is 0.714. The number of nitrogens with one attached hydrogen (secondary N) is 1. The third-order valence-electron chi connectivity index (χ3n) is 3.47. The van der Waals surface area contributed by atoms with Gasteiger partial charge in [-0.3, -0.25) is 0 Å². The maximum absolute atomic E-state index is 6.40. The Labute approximate surface area is 129 Å².